The molecule has 0 atom stereocenters. The highest BCUT2D eigenvalue weighted by molar-refractivity contribution is 7.14. The minimum Gasteiger partial charge on any atom is -0.462 e. The highest BCUT2D eigenvalue weighted by Crippen LogP contribution is 2.38. The van der Waals surface area contributed by atoms with Gasteiger partial charge in [-0.2, -0.15) is 0 Å². The number of carbonyl (C=O) groups is 1. The van der Waals surface area contributed by atoms with Crippen LogP contribution in [0.2, 0.25) is 0 Å². The van der Waals surface area contributed by atoms with Crippen molar-refractivity contribution in [3.8, 4) is 16.8 Å². The first-order valence-corrected chi connectivity index (χ1v) is 11.1. The molecule has 162 valence electrons. The van der Waals surface area contributed by atoms with E-state index in [1.54, 1.807) is 6.92 Å². The van der Waals surface area contributed by atoms with Gasteiger partial charge in [-0.05, 0) is 38.5 Å². The molecule has 2 aromatic carbocycles. The number of benzene rings is 2. The second-order valence-electron chi connectivity index (χ2n) is 7.30. The van der Waals surface area contributed by atoms with Crippen LogP contribution in [0.1, 0.15) is 34.1 Å². The molecule has 0 aliphatic carbocycles. The lowest BCUT2D eigenvalue weighted by Gasteiger charge is -2.05. The van der Waals surface area contributed by atoms with Crippen molar-refractivity contribution in [1.29, 1.82) is 0 Å². The molecule has 4 rings (SSSR count). The van der Waals surface area contributed by atoms with E-state index in [0.717, 1.165) is 22.4 Å². The highest BCUT2D eigenvalue weighted by atomic mass is 32.1. The number of aryl methyl sites for hydroxylation is 2. The minimum atomic E-state index is -0.428. The van der Waals surface area contributed by atoms with Crippen molar-refractivity contribution >= 4 is 28.5 Å². The van der Waals surface area contributed by atoms with Crippen LogP contribution in [0.3, 0.4) is 0 Å². The van der Waals surface area contributed by atoms with Crippen LogP contribution in [-0.4, -0.2) is 28.6 Å². The highest BCUT2D eigenvalue weighted by Gasteiger charge is 2.21. The molecule has 0 unspecified atom stereocenters. The third-order valence-electron chi connectivity index (χ3n) is 5.06. The molecule has 0 amide bonds. The summed E-state index contributed by atoms with van der Waals surface area (Å²) in [5.41, 5.74) is 4.88. The zero-order chi connectivity index (χ0) is 22.7. The first-order chi connectivity index (χ1) is 15.5. The molecule has 0 saturated carbocycles. The summed E-state index contributed by atoms with van der Waals surface area (Å²) in [6.45, 7) is 5.86. The summed E-state index contributed by atoms with van der Waals surface area (Å²) in [6, 6.07) is 17.3. The number of carbonyl (C=O) groups excluding carboxylic acids is 1. The molecule has 0 spiro atoms. The molecule has 32 heavy (non-hydrogen) atoms. The van der Waals surface area contributed by atoms with Gasteiger partial charge in [0.2, 0.25) is 0 Å². The summed E-state index contributed by atoms with van der Waals surface area (Å²) in [5.74, 6) is -0.428. The van der Waals surface area contributed by atoms with Crippen LogP contribution in [0.5, 0.6) is 0 Å². The normalized spacial score (nSPS) is 11.2. The molecule has 2 aromatic heterocycles. The SMILES string of the molecule is CCOC(=O)c1c(-c2ccccc2)csc1/N=C/c1c(C)[nH]n(-c2ccc(C)cc2)c1=O. The predicted molar refractivity (Wildman–Crippen MR) is 129 cm³/mol. The molecule has 0 bridgehead atoms. The van der Waals surface area contributed by atoms with Crippen LogP contribution in [0.15, 0.2) is 69.8 Å². The Morgan fingerprint density at radius 2 is 1.84 bits per heavy atom. The van der Waals surface area contributed by atoms with Gasteiger partial charge in [0.25, 0.3) is 5.56 Å². The third-order valence-corrected chi connectivity index (χ3v) is 5.94. The van der Waals surface area contributed by atoms with Gasteiger partial charge in [-0.25, -0.2) is 14.5 Å². The van der Waals surface area contributed by atoms with Gasteiger partial charge >= 0.3 is 5.97 Å². The largest absolute Gasteiger partial charge is 0.462 e. The lowest BCUT2D eigenvalue weighted by molar-refractivity contribution is 0.0529. The predicted octanol–water partition coefficient (Wildman–Crippen LogP) is 5.44. The van der Waals surface area contributed by atoms with E-state index >= 15 is 0 Å². The molecule has 0 aliphatic heterocycles. The summed E-state index contributed by atoms with van der Waals surface area (Å²) < 4.78 is 6.77. The molecule has 6 nitrogen and oxygen atoms in total. The number of rotatable bonds is 6. The van der Waals surface area contributed by atoms with E-state index in [0.29, 0.717) is 21.8 Å². The van der Waals surface area contributed by atoms with Gasteiger partial charge in [0, 0.05) is 22.9 Å². The summed E-state index contributed by atoms with van der Waals surface area (Å²) in [6.07, 6.45) is 1.52. The second-order valence-corrected chi connectivity index (χ2v) is 8.16. The molecule has 4 aromatic rings. The van der Waals surface area contributed by atoms with E-state index in [9.17, 15) is 9.59 Å². The second kappa shape index (κ2) is 9.20. The first kappa shape index (κ1) is 21.5. The Bertz CT molecular complexity index is 1330. The maximum atomic E-state index is 13.0. The number of hydrogen-bond acceptors (Lipinski definition) is 5. The van der Waals surface area contributed by atoms with E-state index < -0.39 is 5.97 Å². The van der Waals surface area contributed by atoms with Crippen LogP contribution in [0.4, 0.5) is 5.00 Å². The van der Waals surface area contributed by atoms with Gasteiger partial charge in [0.1, 0.15) is 10.6 Å². The summed E-state index contributed by atoms with van der Waals surface area (Å²) in [4.78, 5) is 30.2. The Kier molecular flexibility index (Phi) is 6.18. The van der Waals surface area contributed by atoms with Crippen LogP contribution >= 0.6 is 11.3 Å². The number of esters is 1. The fraction of sp³-hybridized carbons (Fsp3) is 0.160. The monoisotopic (exact) mass is 445 g/mol. The van der Waals surface area contributed by atoms with Crippen LogP contribution in [0, 0.1) is 13.8 Å². The zero-order valence-corrected chi connectivity index (χ0v) is 18.9. The van der Waals surface area contributed by atoms with E-state index in [1.165, 1.54) is 22.2 Å². The average Bonchev–Trinajstić information content (AvgIpc) is 3.34. The fourth-order valence-electron chi connectivity index (χ4n) is 3.38. The van der Waals surface area contributed by atoms with Gasteiger partial charge in [-0.3, -0.25) is 9.89 Å². The Balaban J connectivity index is 1.74. The number of ether oxygens (including phenoxy) is 1. The van der Waals surface area contributed by atoms with Crippen molar-refractivity contribution in [3.63, 3.8) is 0 Å². The number of hydrogen-bond donors (Lipinski definition) is 1. The number of aromatic amines is 1. The maximum Gasteiger partial charge on any atom is 0.341 e. The Morgan fingerprint density at radius 3 is 2.53 bits per heavy atom. The molecule has 7 heteroatoms. The lowest BCUT2D eigenvalue weighted by Crippen LogP contribution is -2.17. The molecule has 2 heterocycles. The molecule has 0 aliphatic rings. The molecular formula is C25H23N3O3S. The van der Waals surface area contributed by atoms with Crippen molar-refractivity contribution in [2.45, 2.75) is 20.8 Å². The van der Waals surface area contributed by atoms with Crippen LogP contribution in [0.25, 0.3) is 16.8 Å². The molecule has 0 fully saturated rings. The van der Waals surface area contributed by atoms with Crippen LogP contribution in [-0.2, 0) is 4.74 Å². The van der Waals surface area contributed by atoms with E-state index in [2.05, 4.69) is 10.1 Å². The number of nitrogens with one attached hydrogen (secondary N) is 1. The Hall–Kier alpha value is -3.71. The number of aromatic nitrogens is 2. The molecule has 1 N–H and O–H groups in total. The Morgan fingerprint density at radius 1 is 1.12 bits per heavy atom. The summed E-state index contributed by atoms with van der Waals surface area (Å²) >= 11 is 1.34. The molecule has 0 saturated heterocycles. The smallest absolute Gasteiger partial charge is 0.341 e. The fourth-order valence-corrected chi connectivity index (χ4v) is 4.29. The Labute approximate surface area is 189 Å². The third kappa shape index (κ3) is 4.20. The van der Waals surface area contributed by atoms with Gasteiger partial charge < -0.3 is 4.74 Å². The van der Waals surface area contributed by atoms with E-state index in [4.69, 9.17) is 4.74 Å². The average molecular weight is 446 g/mol. The summed E-state index contributed by atoms with van der Waals surface area (Å²) in [7, 11) is 0. The quantitative estimate of drug-likeness (QED) is 0.317. The number of H-pyrrole nitrogens is 1. The van der Waals surface area contributed by atoms with Crippen molar-refractivity contribution in [2.75, 3.05) is 6.61 Å². The topological polar surface area (TPSA) is 76.4 Å². The van der Waals surface area contributed by atoms with Gasteiger partial charge in [0.15, 0.2) is 0 Å². The minimum absolute atomic E-state index is 0.201. The van der Waals surface area contributed by atoms with Gasteiger partial charge in [0.05, 0.1) is 17.9 Å². The summed E-state index contributed by atoms with van der Waals surface area (Å²) in [5, 5.41) is 5.49. The van der Waals surface area contributed by atoms with E-state index in [1.807, 2.05) is 73.8 Å². The molecule has 0 radical (unpaired) electrons. The van der Waals surface area contributed by atoms with Crippen LogP contribution < -0.4 is 5.56 Å². The van der Waals surface area contributed by atoms with E-state index in [-0.39, 0.29) is 12.2 Å². The number of aliphatic imine (C=N–C) groups is 1. The maximum absolute atomic E-state index is 13.0. The van der Waals surface area contributed by atoms with Gasteiger partial charge in [-0.1, -0.05) is 48.0 Å². The zero-order valence-electron chi connectivity index (χ0n) is 18.1. The lowest BCUT2D eigenvalue weighted by atomic mass is 10.0. The van der Waals surface area contributed by atoms with Gasteiger partial charge in [-0.15, -0.1) is 11.3 Å². The molecular weight excluding hydrogens is 422 g/mol. The standard InChI is InChI=1S/C25H23N3O3S/c1-4-31-25(30)22-21(18-8-6-5-7-9-18)15-32-23(22)26-14-20-17(3)27-28(24(20)29)19-12-10-16(2)11-13-19/h5-15,27H,4H2,1-3H3/b26-14+. The van der Waals surface area contributed by atoms with Crippen molar-refractivity contribution in [2.24, 2.45) is 4.99 Å². The number of nitrogens with zero attached hydrogens (tertiary/aromatic N) is 2. The van der Waals surface area contributed by atoms with Crippen molar-refractivity contribution in [1.82, 2.24) is 9.78 Å². The van der Waals surface area contributed by atoms with Crippen molar-refractivity contribution < 1.29 is 9.53 Å². The van der Waals surface area contributed by atoms with Crippen molar-refractivity contribution in [3.05, 3.63) is 92.7 Å². The first-order valence-electron chi connectivity index (χ1n) is 10.3. The number of thiophene rings is 1.